The van der Waals surface area contributed by atoms with Crippen LogP contribution in [0, 0.1) is 0 Å². The highest BCUT2D eigenvalue weighted by molar-refractivity contribution is 5.98. The molecule has 2 aliphatic carbocycles. The Balaban J connectivity index is 1.19. The predicted octanol–water partition coefficient (Wildman–Crippen LogP) is 4.70. The van der Waals surface area contributed by atoms with Gasteiger partial charge < -0.3 is 19.7 Å². The van der Waals surface area contributed by atoms with Crippen molar-refractivity contribution in [2.24, 2.45) is 0 Å². The molecule has 0 saturated carbocycles. The van der Waals surface area contributed by atoms with Crippen molar-refractivity contribution in [2.45, 2.75) is 63.2 Å². The average Bonchev–Trinajstić information content (AvgIpc) is 3.71. The zero-order chi connectivity index (χ0) is 28.6. The Hall–Kier alpha value is -3.81. The van der Waals surface area contributed by atoms with Gasteiger partial charge in [-0.05, 0) is 78.1 Å². The lowest BCUT2D eigenvalue weighted by Crippen LogP contribution is -2.43. The fourth-order valence-corrected chi connectivity index (χ4v) is 6.74. The molecule has 1 aliphatic heterocycles. The van der Waals surface area contributed by atoms with Crippen LogP contribution in [-0.4, -0.2) is 48.9 Å². The number of fused-ring (bicyclic) bond motifs is 3. The molecule has 3 aliphatic rings. The van der Waals surface area contributed by atoms with E-state index in [1.54, 1.807) is 12.0 Å². The Labute approximate surface area is 240 Å². The molecule has 6 rings (SSSR count). The van der Waals surface area contributed by atoms with Crippen molar-refractivity contribution in [3.8, 4) is 0 Å². The van der Waals surface area contributed by atoms with Crippen LogP contribution in [0.4, 0.5) is 5.69 Å². The van der Waals surface area contributed by atoms with Gasteiger partial charge in [-0.25, -0.2) is 0 Å². The summed E-state index contributed by atoms with van der Waals surface area (Å²) in [7, 11) is 1.66. The van der Waals surface area contributed by atoms with Gasteiger partial charge in [-0.1, -0.05) is 54.6 Å². The van der Waals surface area contributed by atoms with Gasteiger partial charge in [-0.3, -0.25) is 14.4 Å². The highest BCUT2D eigenvalue weighted by atomic mass is 16.5. The molecule has 1 fully saturated rings. The van der Waals surface area contributed by atoms with E-state index in [-0.39, 0.29) is 36.8 Å². The van der Waals surface area contributed by atoms with E-state index in [4.69, 9.17) is 9.47 Å². The van der Waals surface area contributed by atoms with Crippen molar-refractivity contribution >= 4 is 23.3 Å². The van der Waals surface area contributed by atoms with E-state index in [1.165, 1.54) is 0 Å². The second-order valence-electron chi connectivity index (χ2n) is 11.5. The molecule has 7 heteroatoms. The number of nitrogens with zero attached hydrogens (tertiary/aromatic N) is 1. The summed E-state index contributed by atoms with van der Waals surface area (Å²) in [4.78, 5) is 41.6. The largest absolute Gasteiger partial charge is 0.377 e. The van der Waals surface area contributed by atoms with Crippen LogP contribution in [0.15, 0.2) is 66.7 Å². The van der Waals surface area contributed by atoms with Gasteiger partial charge in [-0.2, -0.15) is 0 Å². The van der Waals surface area contributed by atoms with E-state index in [0.29, 0.717) is 38.0 Å². The normalized spacial score (nSPS) is 21.5. The van der Waals surface area contributed by atoms with Crippen molar-refractivity contribution in [3.05, 3.63) is 100 Å². The second-order valence-corrected chi connectivity index (χ2v) is 11.5. The number of Topliss-reactive ketones (excluding diaryl/α,β-unsaturated/α-hetero) is 1. The van der Waals surface area contributed by atoms with Gasteiger partial charge in [0.05, 0.1) is 11.5 Å². The maximum absolute atomic E-state index is 13.5. The summed E-state index contributed by atoms with van der Waals surface area (Å²) in [6.07, 6.45) is 2.62. The van der Waals surface area contributed by atoms with E-state index in [1.807, 2.05) is 61.5 Å². The number of ether oxygens (including phenoxy) is 2. The molecule has 7 nitrogen and oxygen atoms in total. The van der Waals surface area contributed by atoms with Crippen LogP contribution < -0.4 is 5.32 Å². The van der Waals surface area contributed by atoms with Gasteiger partial charge in [0, 0.05) is 32.4 Å². The number of carbonyl (C=O) groups excluding carboxylic acids is 3. The first-order chi connectivity index (χ1) is 19.9. The van der Waals surface area contributed by atoms with Crippen molar-refractivity contribution < 1.29 is 23.9 Å². The third-order valence-electron chi connectivity index (χ3n) is 8.95. The fourth-order valence-electron chi connectivity index (χ4n) is 6.74. The van der Waals surface area contributed by atoms with E-state index >= 15 is 0 Å². The standard InChI is InChI=1S/C34H36N2O5/c1-22(40-2)28-10-5-3-9-25(28)20-36(33(39)30-12-7-15-41-30)21-32(38)35-27-14-13-24-18-34(19-26(24)16-27)29-11-6-4-8-23(29)17-31(34)37/h3-6,8-11,13-14,16,22,30H,7,12,15,17-21H2,1-2H3,(H,35,38). The quantitative estimate of drug-likeness (QED) is 0.438. The molecule has 3 unspecified atom stereocenters. The lowest BCUT2D eigenvalue weighted by atomic mass is 9.78. The number of amides is 2. The minimum Gasteiger partial charge on any atom is -0.377 e. The Kier molecular flexibility index (Phi) is 7.49. The van der Waals surface area contributed by atoms with Crippen molar-refractivity contribution in [2.75, 3.05) is 25.6 Å². The maximum atomic E-state index is 13.5. The van der Waals surface area contributed by atoms with Crippen LogP contribution >= 0.6 is 0 Å². The first-order valence-electron chi connectivity index (χ1n) is 14.4. The average molecular weight is 553 g/mol. The van der Waals surface area contributed by atoms with Crippen LogP contribution in [0.3, 0.4) is 0 Å². The summed E-state index contributed by atoms with van der Waals surface area (Å²) < 4.78 is 11.2. The smallest absolute Gasteiger partial charge is 0.252 e. The monoisotopic (exact) mass is 552 g/mol. The van der Waals surface area contributed by atoms with Crippen LogP contribution in [0.25, 0.3) is 0 Å². The highest BCUT2D eigenvalue weighted by Crippen LogP contribution is 2.47. The Morgan fingerprint density at radius 1 is 1.05 bits per heavy atom. The number of rotatable bonds is 8. The molecule has 2 amide bonds. The summed E-state index contributed by atoms with van der Waals surface area (Å²) in [5.74, 6) is -0.178. The predicted molar refractivity (Wildman–Crippen MR) is 156 cm³/mol. The molecule has 1 heterocycles. The van der Waals surface area contributed by atoms with Crippen LogP contribution in [0.1, 0.15) is 59.3 Å². The third kappa shape index (κ3) is 5.20. The summed E-state index contributed by atoms with van der Waals surface area (Å²) in [5, 5.41) is 3.01. The zero-order valence-electron chi connectivity index (χ0n) is 23.7. The second kappa shape index (κ2) is 11.2. The number of carbonyl (C=O) groups is 3. The van der Waals surface area contributed by atoms with E-state index in [2.05, 4.69) is 17.4 Å². The molecule has 3 atom stereocenters. The lowest BCUT2D eigenvalue weighted by Gasteiger charge is -2.27. The molecule has 0 bridgehead atoms. The molecule has 41 heavy (non-hydrogen) atoms. The Bertz CT molecular complexity index is 1490. The van der Waals surface area contributed by atoms with Gasteiger partial charge in [-0.15, -0.1) is 0 Å². The topological polar surface area (TPSA) is 84.9 Å². The van der Waals surface area contributed by atoms with Gasteiger partial charge >= 0.3 is 0 Å². The van der Waals surface area contributed by atoms with Gasteiger partial charge in [0.15, 0.2) is 0 Å². The van der Waals surface area contributed by atoms with Crippen LogP contribution in [-0.2, 0) is 55.1 Å². The highest BCUT2D eigenvalue weighted by Gasteiger charge is 2.49. The minimum atomic E-state index is -0.530. The van der Waals surface area contributed by atoms with Gasteiger partial charge in [0.2, 0.25) is 5.91 Å². The van der Waals surface area contributed by atoms with Crippen molar-refractivity contribution in [3.63, 3.8) is 0 Å². The number of nitrogens with one attached hydrogen (secondary N) is 1. The molecule has 3 aromatic rings. The number of benzene rings is 3. The zero-order valence-corrected chi connectivity index (χ0v) is 23.7. The summed E-state index contributed by atoms with van der Waals surface area (Å²) in [5.41, 5.74) is 6.58. The number of hydrogen-bond donors (Lipinski definition) is 1. The van der Waals surface area contributed by atoms with E-state index in [9.17, 15) is 14.4 Å². The summed E-state index contributed by atoms with van der Waals surface area (Å²) in [6, 6.07) is 21.9. The van der Waals surface area contributed by atoms with Crippen LogP contribution in [0.2, 0.25) is 0 Å². The molecule has 1 spiro atoms. The first-order valence-corrected chi connectivity index (χ1v) is 14.4. The molecule has 1 saturated heterocycles. The fraction of sp³-hybridized carbons (Fsp3) is 0.382. The third-order valence-corrected chi connectivity index (χ3v) is 8.95. The number of anilines is 1. The lowest BCUT2D eigenvalue weighted by molar-refractivity contribution is -0.143. The Morgan fingerprint density at radius 2 is 1.83 bits per heavy atom. The molecule has 3 aromatic carbocycles. The van der Waals surface area contributed by atoms with Crippen molar-refractivity contribution in [1.29, 1.82) is 0 Å². The number of hydrogen-bond acceptors (Lipinski definition) is 5. The molecular formula is C34H36N2O5. The van der Waals surface area contributed by atoms with Crippen molar-refractivity contribution in [1.82, 2.24) is 4.90 Å². The summed E-state index contributed by atoms with van der Waals surface area (Å²) >= 11 is 0. The Morgan fingerprint density at radius 3 is 2.63 bits per heavy atom. The number of methoxy groups -OCH3 is 1. The van der Waals surface area contributed by atoms with E-state index in [0.717, 1.165) is 39.8 Å². The molecule has 0 aromatic heterocycles. The molecular weight excluding hydrogens is 516 g/mol. The van der Waals surface area contributed by atoms with E-state index < -0.39 is 11.5 Å². The SMILES string of the molecule is COC(C)c1ccccc1CN(CC(=O)Nc1ccc2c(c1)CC1(C2)C(=O)Cc2ccccc21)C(=O)C1CCCO1. The summed E-state index contributed by atoms with van der Waals surface area (Å²) in [6.45, 7) is 2.70. The first kappa shape index (κ1) is 27.4. The van der Waals surface area contributed by atoms with Gasteiger partial charge in [0.25, 0.3) is 5.91 Å². The number of ketones is 1. The van der Waals surface area contributed by atoms with Gasteiger partial charge in [0.1, 0.15) is 18.4 Å². The molecule has 1 N–H and O–H groups in total. The maximum Gasteiger partial charge on any atom is 0.252 e. The molecule has 0 radical (unpaired) electrons. The minimum absolute atomic E-state index is 0.0960. The van der Waals surface area contributed by atoms with Crippen LogP contribution in [0.5, 0.6) is 0 Å². The molecule has 212 valence electrons.